The lowest BCUT2D eigenvalue weighted by atomic mass is 10.2. The largest absolute Gasteiger partial charge is 0.340 e. The Morgan fingerprint density at radius 1 is 1.00 bits per heavy atom. The van der Waals surface area contributed by atoms with E-state index < -0.39 is 0 Å². The van der Waals surface area contributed by atoms with E-state index in [9.17, 15) is 4.79 Å². The van der Waals surface area contributed by atoms with E-state index in [1.54, 1.807) is 37.3 Å². The van der Waals surface area contributed by atoms with Crippen LogP contribution < -0.4 is 10.6 Å². The number of halogens is 1. The number of amides is 1. The summed E-state index contributed by atoms with van der Waals surface area (Å²) in [7, 11) is 0. The zero-order valence-electron chi connectivity index (χ0n) is 13.9. The highest BCUT2D eigenvalue weighted by Crippen LogP contribution is 2.20. The van der Waals surface area contributed by atoms with Gasteiger partial charge in [-0.3, -0.25) is 4.79 Å². The molecule has 126 valence electrons. The van der Waals surface area contributed by atoms with E-state index in [2.05, 4.69) is 20.6 Å². The molecule has 0 aliphatic rings. The Bertz CT molecular complexity index is 927. The second kappa shape index (κ2) is 7.32. The van der Waals surface area contributed by atoms with Crippen LogP contribution in [0.25, 0.3) is 0 Å². The second-order valence-corrected chi connectivity index (χ2v) is 6.03. The van der Waals surface area contributed by atoms with Gasteiger partial charge in [-0.05, 0) is 43.7 Å². The Morgan fingerprint density at radius 3 is 2.56 bits per heavy atom. The monoisotopic (exact) mass is 352 g/mol. The molecule has 0 aliphatic heterocycles. The molecule has 1 amide bonds. The number of nitrogens with zero attached hydrogens (tertiary/aromatic N) is 2. The molecule has 2 aromatic carbocycles. The minimum atomic E-state index is -0.319. The van der Waals surface area contributed by atoms with Gasteiger partial charge in [0, 0.05) is 22.5 Å². The maximum Gasteiger partial charge on any atom is 0.274 e. The molecule has 0 unspecified atom stereocenters. The first-order valence-corrected chi connectivity index (χ1v) is 8.14. The zero-order chi connectivity index (χ0) is 17.8. The van der Waals surface area contributed by atoms with Gasteiger partial charge in [0.2, 0.25) is 0 Å². The molecule has 0 atom stereocenters. The predicted molar refractivity (Wildman–Crippen MR) is 101 cm³/mol. The first-order valence-electron chi connectivity index (χ1n) is 7.76. The van der Waals surface area contributed by atoms with Gasteiger partial charge in [0.05, 0.1) is 0 Å². The molecule has 1 aromatic heterocycles. The molecule has 2 N–H and O–H groups in total. The van der Waals surface area contributed by atoms with Gasteiger partial charge in [-0.15, -0.1) is 0 Å². The van der Waals surface area contributed by atoms with Gasteiger partial charge in [-0.25, -0.2) is 9.97 Å². The summed E-state index contributed by atoms with van der Waals surface area (Å²) in [5, 5.41) is 6.57. The van der Waals surface area contributed by atoms with Gasteiger partial charge >= 0.3 is 0 Å². The average Bonchev–Trinajstić information content (AvgIpc) is 2.56. The number of carbonyl (C=O) groups excluding carboxylic acids is 1. The predicted octanol–water partition coefficient (Wildman–Crippen LogP) is 4.74. The number of anilines is 3. The molecule has 3 rings (SSSR count). The third kappa shape index (κ3) is 4.33. The average molecular weight is 353 g/mol. The van der Waals surface area contributed by atoms with Crippen molar-refractivity contribution in [3.05, 3.63) is 76.7 Å². The fourth-order valence-corrected chi connectivity index (χ4v) is 2.55. The molecular formula is C19H17ClN4O. The van der Waals surface area contributed by atoms with Crippen LogP contribution in [0.15, 0.2) is 54.6 Å². The number of carbonyl (C=O) groups is 1. The summed E-state index contributed by atoms with van der Waals surface area (Å²) in [6, 6.07) is 16.5. The van der Waals surface area contributed by atoms with E-state index in [4.69, 9.17) is 11.6 Å². The maximum absolute atomic E-state index is 12.5. The molecule has 6 heteroatoms. The molecule has 0 spiro atoms. The molecule has 0 aliphatic carbocycles. The third-order valence-electron chi connectivity index (χ3n) is 3.56. The smallest absolute Gasteiger partial charge is 0.274 e. The Hall–Kier alpha value is -2.92. The van der Waals surface area contributed by atoms with Crippen molar-refractivity contribution in [3.8, 4) is 0 Å². The van der Waals surface area contributed by atoms with Crippen LogP contribution in [-0.4, -0.2) is 15.9 Å². The maximum atomic E-state index is 12.5. The second-order valence-electron chi connectivity index (χ2n) is 5.59. The van der Waals surface area contributed by atoms with Gasteiger partial charge in [0.15, 0.2) is 0 Å². The van der Waals surface area contributed by atoms with Crippen molar-refractivity contribution >= 4 is 34.7 Å². The Balaban J connectivity index is 1.83. The summed E-state index contributed by atoms with van der Waals surface area (Å²) in [5.74, 6) is 0.758. The number of benzene rings is 2. The standard InChI is InChI=1S/C19H17ClN4O/c1-12-6-3-4-9-16(12)24-18-11-17(21-13(2)22-18)19(25)23-15-8-5-7-14(20)10-15/h3-11H,1-2H3,(H,23,25)(H,21,22,24). The van der Waals surface area contributed by atoms with Crippen LogP contribution in [0.3, 0.4) is 0 Å². The van der Waals surface area contributed by atoms with Crippen molar-refractivity contribution in [2.75, 3.05) is 10.6 Å². The quantitative estimate of drug-likeness (QED) is 0.711. The highest BCUT2D eigenvalue weighted by molar-refractivity contribution is 6.30. The first-order chi connectivity index (χ1) is 12.0. The van der Waals surface area contributed by atoms with Crippen LogP contribution in [0.1, 0.15) is 21.9 Å². The Labute approximate surface area is 151 Å². The van der Waals surface area contributed by atoms with Crippen molar-refractivity contribution in [3.63, 3.8) is 0 Å². The van der Waals surface area contributed by atoms with Crippen molar-refractivity contribution in [1.82, 2.24) is 9.97 Å². The fraction of sp³-hybridized carbons (Fsp3) is 0.105. The van der Waals surface area contributed by atoms with Gasteiger partial charge in [-0.2, -0.15) is 0 Å². The van der Waals surface area contributed by atoms with Gasteiger partial charge in [0.25, 0.3) is 5.91 Å². The summed E-state index contributed by atoms with van der Waals surface area (Å²) < 4.78 is 0. The lowest BCUT2D eigenvalue weighted by molar-refractivity contribution is 0.102. The van der Waals surface area contributed by atoms with Crippen LogP contribution in [-0.2, 0) is 0 Å². The van der Waals surface area contributed by atoms with E-state index in [-0.39, 0.29) is 11.6 Å². The lowest BCUT2D eigenvalue weighted by Crippen LogP contribution is -2.15. The number of aromatic nitrogens is 2. The topological polar surface area (TPSA) is 66.9 Å². The van der Waals surface area contributed by atoms with Gasteiger partial charge < -0.3 is 10.6 Å². The molecule has 0 saturated heterocycles. The molecule has 0 bridgehead atoms. The molecule has 5 nitrogen and oxygen atoms in total. The fourth-order valence-electron chi connectivity index (χ4n) is 2.36. The van der Waals surface area contributed by atoms with E-state index in [0.717, 1.165) is 11.3 Å². The van der Waals surface area contributed by atoms with Crippen LogP contribution in [0.4, 0.5) is 17.2 Å². The van der Waals surface area contributed by atoms with E-state index in [1.165, 1.54) is 0 Å². The number of rotatable bonds is 4. The Morgan fingerprint density at radius 2 is 1.80 bits per heavy atom. The lowest BCUT2D eigenvalue weighted by Gasteiger charge is -2.11. The van der Waals surface area contributed by atoms with Crippen LogP contribution in [0.5, 0.6) is 0 Å². The summed E-state index contributed by atoms with van der Waals surface area (Å²) in [6.07, 6.45) is 0. The zero-order valence-corrected chi connectivity index (χ0v) is 14.6. The summed E-state index contributed by atoms with van der Waals surface area (Å²) >= 11 is 5.94. The van der Waals surface area contributed by atoms with Crippen LogP contribution in [0.2, 0.25) is 5.02 Å². The SMILES string of the molecule is Cc1nc(Nc2ccccc2C)cc(C(=O)Nc2cccc(Cl)c2)n1. The Kier molecular flexibility index (Phi) is 4.95. The van der Waals surface area contributed by atoms with Crippen LogP contribution in [0, 0.1) is 13.8 Å². The van der Waals surface area contributed by atoms with E-state index in [0.29, 0.717) is 22.4 Å². The molecular weight excluding hydrogens is 336 g/mol. The van der Waals surface area contributed by atoms with Gasteiger partial charge in [-0.1, -0.05) is 35.9 Å². The van der Waals surface area contributed by atoms with E-state index >= 15 is 0 Å². The first kappa shape index (κ1) is 16.9. The molecule has 25 heavy (non-hydrogen) atoms. The highest BCUT2D eigenvalue weighted by Gasteiger charge is 2.12. The van der Waals surface area contributed by atoms with E-state index in [1.807, 2.05) is 31.2 Å². The summed E-state index contributed by atoms with van der Waals surface area (Å²) in [6.45, 7) is 3.75. The van der Waals surface area contributed by atoms with Crippen molar-refractivity contribution in [2.45, 2.75) is 13.8 Å². The number of hydrogen-bond donors (Lipinski definition) is 2. The highest BCUT2D eigenvalue weighted by atomic mass is 35.5. The summed E-state index contributed by atoms with van der Waals surface area (Å²) in [5.41, 5.74) is 2.91. The normalized spacial score (nSPS) is 10.4. The van der Waals surface area contributed by atoms with Crippen molar-refractivity contribution < 1.29 is 4.79 Å². The molecule has 3 aromatic rings. The molecule has 0 saturated carbocycles. The summed E-state index contributed by atoms with van der Waals surface area (Å²) in [4.78, 5) is 21.0. The number of aryl methyl sites for hydroxylation is 2. The third-order valence-corrected chi connectivity index (χ3v) is 3.80. The minimum Gasteiger partial charge on any atom is -0.340 e. The number of nitrogens with one attached hydrogen (secondary N) is 2. The molecule has 0 fully saturated rings. The minimum absolute atomic E-state index is 0.281. The van der Waals surface area contributed by atoms with Gasteiger partial charge in [0.1, 0.15) is 17.3 Å². The van der Waals surface area contributed by atoms with Crippen molar-refractivity contribution in [2.24, 2.45) is 0 Å². The molecule has 1 heterocycles. The van der Waals surface area contributed by atoms with Crippen LogP contribution >= 0.6 is 11.6 Å². The molecule has 0 radical (unpaired) electrons. The number of hydrogen-bond acceptors (Lipinski definition) is 4. The van der Waals surface area contributed by atoms with Crippen molar-refractivity contribution in [1.29, 1.82) is 0 Å². The number of para-hydroxylation sites is 1.